The van der Waals surface area contributed by atoms with E-state index in [1.165, 1.54) is 22.1 Å². The molecule has 1 atom stereocenters. The third kappa shape index (κ3) is 5.50. The van der Waals surface area contributed by atoms with Crippen LogP contribution in [0.4, 0.5) is 5.69 Å². The number of likely N-dealkylation sites (tertiary alicyclic amines) is 1. The summed E-state index contributed by atoms with van der Waals surface area (Å²) in [6.45, 7) is 1.39. The van der Waals surface area contributed by atoms with Crippen molar-refractivity contribution >= 4 is 29.4 Å². The molecule has 2 aromatic rings. The summed E-state index contributed by atoms with van der Waals surface area (Å²) in [6.07, 6.45) is 2.46. The fourth-order valence-electron chi connectivity index (χ4n) is 3.37. The van der Waals surface area contributed by atoms with Crippen LogP contribution in [0.3, 0.4) is 0 Å². The van der Waals surface area contributed by atoms with E-state index in [0.29, 0.717) is 25.1 Å². The number of hydrogen-bond donors (Lipinski definition) is 0. The molecule has 0 aliphatic carbocycles. The van der Waals surface area contributed by atoms with Gasteiger partial charge in [0.15, 0.2) is 12.4 Å². The fourth-order valence-corrected chi connectivity index (χ4v) is 3.37. The van der Waals surface area contributed by atoms with Crippen LogP contribution >= 0.6 is 0 Å². The van der Waals surface area contributed by atoms with Crippen molar-refractivity contribution in [2.75, 3.05) is 31.2 Å². The fraction of sp³-hybridized carbons (Fsp3) is 0.364. The second-order valence-corrected chi connectivity index (χ2v) is 6.86. The number of hydrogen-bond acceptors (Lipinski definition) is 7. The molecule has 1 unspecified atom stereocenters. The Morgan fingerprint density at radius 2 is 1.87 bits per heavy atom. The second kappa shape index (κ2) is 10.4. The standard InChI is InChI=1S/C22H24N2O7/c1-2-29-20(26)14-24(16-8-4-3-5-9-16)19(25)15-31-22(28)17-10-6-12-23(17)21(27)18-11-7-13-30-18/h3-5,7-9,11,13,17H,2,6,10,12,14-15H2,1H3. The number of benzene rings is 1. The second-order valence-electron chi connectivity index (χ2n) is 6.86. The first kappa shape index (κ1) is 22.1. The van der Waals surface area contributed by atoms with Gasteiger partial charge in [0.05, 0.1) is 12.9 Å². The van der Waals surface area contributed by atoms with Gasteiger partial charge in [-0.05, 0) is 44.0 Å². The van der Waals surface area contributed by atoms with Crippen LogP contribution in [0, 0.1) is 0 Å². The van der Waals surface area contributed by atoms with E-state index in [1.54, 1.807) is 43.3 Å². The predicted octanol–water partition coefficient (Wildman–Crippen LogP) is 2.02. The number of carbonyl (C=O) groups is 4. The number of carbonyl (C=O) groups excluding carboxylic acids is 4. The zero-order valence-electron chi connectivity index (χ0n) is 17.2. The van der Waals surface area contributed by atoms with Crippen LogP contribution in [-0.2, 0) is 23.9 Å². The molecule has 0 bridgehead atoms. The molecule has 1 saturated heterocycles. The molecular formula is C22H24N2O7. The summed E-state index contributed by atoms with van der Waals surface area (Å²) in [5, 5.41) is 0. The van der Waals surface area contributed by atoms with Gasteiger partial charge in [-0.1, -0.05) is 18.2 Å². The van der Waals surface area contributed by atoms with E-state index < -0.39 is 36.4 Å². The number of anilines is 1. The zero-order valence-corrected chi connectivity index (χ0v) is 17.2. The molecule has 0 saturated carbocycles. The van der Waals surface area contributed by atoms with Gasteiger partial charge in [0.1, 0.15) is 12.6 Å². The van der Waals surface area contributed by atoms with Gasteiger partial charge >= 0.3 is 11.9 Å². The Bertz CT molecular complexity index is 911. The minimum atomic E-state index is -0.791. The van der Waals surface area contributed by atoms with Gasteiger partial charge in [-0.3, -0.25) is 19.3 Å². The predicted molar refractivity (Wildman–Crippen MR) is 109 cm³/mol. The molecule has 1 aliphatic rings. The maximum atomic E-state index is 12.8. The van der Waals surface area contributed by atoms with E-state index in [0.717, 1.165) is 0 Å². The highest BCUT2D eigenvalue weighted by atomic mass is 16.5. The summed E-state index contributed by atoms with van der Waals surface area (Å²) in [7, 11) is 0. The van der Waals surface area contributed by atoms with E-state index in [9.17, 15) is 19.2 Å². The van der Waals surface area contributed by atoms with E-state index in [2.05, 4.69) is 0 Å². The van der Waals surface area contributed by atoms with Crippen molar-refractivity contribution in [1.29, 1.82) is 0 Å². The van der Waals surface area contributed by atoms with Gasteiger partial charge in [-0.15, -0.1) is 0 Å². The van der Waals surface area contributed by atoms with Crippen molar-refractivity contribution in [3.8, 4) is 0 Å². The van der Waals surface area contributed by atoms with Crippen molar-refractivity contribution in [2.45, 2.75) is 25.8 Å². The molecule has 0 radical (unpaired) electrons. The van der Waals surface area contributed by atoms with Gasteiger partial charge in [0.25, 0.3) is 11.8 Å². The Balaban J connectivity index is 1.63. The van der Waals surface area contributed by atoms with Crippen LogP contribution in [0.2, 0.25) is 0 Å². The van der Waals surface area contributed by atoms with E-state index in [-0.39, 0.29) is 18.9 Å². The van der Waals surface area contributed by atoms with Gasteiger partial charge < -0.3 is 18.8 Å². The van der Waals surface area contributed by atoms with Gasteiger partial charge in [-0.2, -0.15) is 0 Å². The monoisotopic (exact) mass is 428 g/mol. The highest BCUT2D eigenvalue weighted by molar-refractivity contribution is 5.99. The first-order valence-electron chi connectivity index (χ1n) is 10.0. The van der Waals surface area contributed by atoms with Gasteiger partial charge in [0.2, 0.25) is 0 Å². The Morgan fingerprint density at radius 3 is 2.55 bits per heavy atom. The molecule has 9 heteroatoms. The number of rotatable bonds is 8. The van der Waals surface area contributed by atoms with E-state index in [4.69, 9.17) is 13.9 Å². The number of ether oxygens (including phenoxy) is 2. The SMILES string of the molecule is CCOC(=O)CN(C(=O)COC(=O)C1CCCN1C(=O)c1ccco1)c1ccccc1. The molecule has 1 fully saturated rings. The van der Waals surface area contributed by atoms with Gasteiger partial charge in [-0.25, -0.2) is 4.79 Å². The van der Waals surface area contributed by atoms with Crippen molar-refractivity contribution < 1.29 is 33.1 Å². The highest BCUT2D eigenvalue weighted by Gasteiger charge is 2.37. The van der Waals surface area contributed by atoms with Crippen LogP contribution in [-0.4, -0.2) is 61.0 Å². The van der Waals surface area contributed by atoms with Crippen molar-refractivity contribution in [3.63, 3.8) is 0 Å². The molecular weight excluding hydrogens is 404 g/mol. The zero-order chi connectivity index (χ0) is 22.2. The highest BCUT2D eigenvalue weighted by Crippen LogP contribution is 2.22. The largest absolute Gasteiger partial charge is 0.465 e. The summed E-state index contributed by atoms with van der Waals surface area (Å²) >= 11 is 0. The number of nitrogens with zero attached hydrogens (tertiary/aromatic N) is 2. The van der Waals surface area contributed by atoms with Crippen molar-refractivity contribution in [3.05, 3.63) is 54.5 Å². The molecule has 1 aromatic carbocycles. The van der Waals surface area contributed by atoms with Crippen molar-refractivity contribution in [2.24, 2.45) is 0 Å². The summed E-state index contributed by atoms with van der Waals surface area (Å²) in [5.74, 6) is -2.08. The summed E-state index contributed by atoms with van der Waals surface area (Å²) in [6, 6.07) is 10.9. The minimum absolute atomic E-state index is 0.139. The Labute approximate surface area is 179 Å². The quantitative estimate of drug-likeness (QED) is 0.592. The van der Waals surface area contributed by atoms with E-state index in [1.807, 2.05) is 0 Å². The molecule has 0 N–H and O–H groups in total. The molecule has 1 aliphatic heterocycles. The molecule has 3 rings (SSSR count). The van der Waals surface area contributed by atoms with E-state index >= 15 is 0 Å². The lowest BCUT2D eigenvalue weighted by Gasteiger charge is -2.24. The Kier molecular flexibility index (Phi) is 7.42. The maximum absolute atomic E-state index is 12.8. The topological polar surface area (TPSA) is 106 Å². The first-order chi connectivity index (χ1) is 15.0. The van der Waals surface area contributed by atoms with Crippen LogP contribution < -0.4 is 4.90 Å². The Morgan fingerprint density at radius 1 is 1.10 bits per heavy atom. The summed E-state index contributed by atoms with van der Waals surface area (Å²) < 4.78 is 15.3. The number of para-hydroxylation sites is 1. The van der Waals surface area contributed by atoms with Crippen LogP contribution in [0.25, 0.3) is 0 Å². The smallest absolute Gasteiger partial charge is 0.329 e. The first-order valence-corrected chi connectivity index (χ1v) is 10.0. The normalized spacial score (nSPS) is 15.4. The van der Waals surface area contributed by atoms with Gasteiger partial charge in [0, 0.05) is 12.2 Å². The molecule has 31 heavy (non-hydrogen) atoms. The molecule has 9 nitrogen and oxygen atoms in total. The molecule has 2 amide bonds. The number of amides is 2. The molecule has 2 heterocycles. The number of esters is 2. The lowest BCUT2D eigenvalue weighted by molar-refractivity contribution is -0.151. The lowest BCUT2D eigenvalue weighted by atomic mass is 10.2. The maximum Gasteiger partial charge on any atom is 0.329 e. The molecule has 1 aromatic heterocycles. The lowest BCUT2D eigenvalue weighted by Crippen LogP contribution is -2.43. The van der Waals surface area contributed by atoms with Crippen molar-refractivity contribution in [1.82, 2.24) is 4.90 Å². The molecule has 0 spiro atoms. The van der Waals surface area contributed by atoms with Crippen LogP contribution in [0.1, 0.15) is 30.3 Å². The third-order valence-corrected chi connectivity index (χ3v) is 4.82. The average Bonchev–Trinajstić information content (AvgIpc) is 3.48. The number of furan rings is 1. The Hall–Kier alpha value is -3.62. The minimum Gasteiger partial charge on any atom is -0.465 e. The average molecular weight is 428 g/mol. The third-order valence-electron chi connectivity index (χ3n) is 4.82. The summed E-state index contributed by atoms with van der Waals surface area (Å²) in [5.41, 5.74) is 0.479. The van der Waals surface area contributed by atoms with Crippen LogP contribution in [0.15, 0.2) is 53.1 Å². The van der Waals surface area contributed by atoms with Crippen LogP contribution in [0.5, 0.6) is 0 Å². The summed E-state index contributed by atoms with van der Waals surface area (Å²) in [4.78, 5) is 52.4. The molecule has 164 valence electrons.